The molecule has 0 aliphatic carbocycles. The van der Waals surface area contributed by atoms with Crippen LogP contribution in [0.3, 0.4) is 0 Å². The number of hydrogen-bond donors (Lipinski definition) is 2. The molecule has 0 amide bonds. The first-order valence-electron chi connectivity index (χ1n) is 5.00. The molecule has 2 rings (SSSR count). The molecule has 0 aliphatic heterocycles. The lowest BCUT2D eigenvalue weighted by molar-refractivity contribution is -0.385. The van der Waals surface area contributed by atoms with Crippen molar-refractivity contribution in [1.82, 2.24) is 9.97 Å². The van der Waals surface area contributed by atoms with Gasteiger partial charge in [0.1, 0.15) is 5.82 Å². The molecule has 0 atom stereocenters. The quantitative estimate of drug-likeness (QED) is 0.490. The molecular formula is C10H8FN5O3. The van der Waals surface area contributed by atoms with Crippen LogP contribution in [0.5, 0.6) is 11.6 Å². The van der Waals surface area contributed by atoms with Gasteiger partial charge >= 0.3 is 5.69 Å². The first kappa shape index (κ1) is 12.6. The van der Waals surface area contributed by atoms with Gasteiger partial charge in [0.05, 0.1) is 17.3 Å². The monoisotopic (exact) mass is 265 g/mol. The minimum absolute atomic E-state index is 0.0517. The fourth-order valence-corrected chi connectivity index (χ4v) is 1.30. The van der Waals surface area contributed by atoms with E-state index < -0.39 is 10.7 Å². The van der Waals surface area contributed by atoms with Gasteiger partial charge in [-0.25, -0.2) is 10.2 Å². The summed E-state index contributed by atoms with van der Waals surface area (Å²) in [5, 5.41) is 10.8. The highest BCUT2D eigenvalue weighted by molar-refractivity contribution is 5.48. The standard InChI is InChI=1S/C10H8FN5O3/c11-6-1-2-7(16(17)18)8(3-6)19-10-5-13-4-9(14-10)15-12/h1-5H,12H2,(H,14,15). The molecule has 0 aliphatic rings. The fourth-order valence-electron chi connectivity index (χ4n) is 1.30. The van der Waals surface area contributed by atoms with Crippen molar-refractivity contribution in [3.8, 4) is 11.6 Å². The maximum atomic E-state index is 13.1. The van der Waals surface area contributed by atoms with Gasteiger partial charge in [-0.3, -0.25) is 15.1 Å². The largest absolute Gasteiger partial charge is 0.430 e. The van der Waals surface area contributed by atoms with Gasteiger partial charge in [0.15, 0.2) is 5.82 Å². The molecule has 0 spiro atoms. The van der Waals surface area contributed by atoms with Crippen LogP contribution in [-0.4, -0.2) is 14.9 Å². The second-order valence-corrected chi connectivity index (χ2v) is 3.36. The molecule has 1 aromatic carbocycles. The van der Waals surface area contributed by atoms with Crippen LogP contribution in [0.4, 0.5) is 15.9 Å². The van der Waals surface area contributed by atoms with E-state index in [1.165, 1.54) is 12.4 Å². The maximum absolute atomic E-state index is 13.1. The SMILES string of the molecule is NNc1cncc(Oc2cc(F)ccc2[N+](=O)[O-])n1. The molecule has 19 heavy (non-hydrogen) atoms. The van der Waals surface area contributed by atoms with Gasteiger partial charge in [-0.1, -0.05) is 0 Å². The number of benzene rings is 1. The number of nitrogens with zero attached hydrogens (tertiary/aromatic N) is 3. The van der Waals surface area contributed by atoms with E-state index in [1.807, 2.05) is 0 Å². The van der Waals surface area contributed by atoms with E-state index in [2.05, 4.69) is 15.4 Å². The van der Waals surface area contributed by atoms with Crippen molar-refractivity contribution in [1.29, 1.82) is 0 Å². The molecule has 8 nitrogen and oxygen atoms in total. The molecule has 9 heteroatoms. The Morgan fingerprint density at radius 3 is 2.89 bits per heavy atom. The predicted molar refractivity (Wildman–Crippen MR) is 63.0 cm³/mol. The number of nitro groups is 1. The maximum Gasteiger partial charge on any atom is 0.311 e. The van der Waals surface area contributed by atoms with Crippen molar-refractivity contribution < 1.29 is 14.1 Å². The van der Waals surface area contributed by atoms with Crippen molar-refractivity contribution >= 4 is 11.5 Å². The molecule has 0 fully saturated rings. The minimum atomic E-state index is -0.687. The van der Waals surface area contributed by atoms with Gasteiger partial charge in [0.25, 0.3) is 0 Å². The summed E-state index contributed by atoms with van der Waals surface area (Å²) in [5.41, 5.74) is 1.86. The zero-order valence-corrected chi connectivity index (χ0v) is 9.41. The summed E-state index contributed by atoms with van der Waals surface area (Å²) in [6.45, 7) is 0. The number of hydrazine groups is 1. The average molecular weight is 265 g/mol. The molecule has 0 saturated carbocycles. The third kappa shape index (κ3) is 2.90. The summed E-state index contributed by atoms with van der Waals surface area (Å²) in [7, 11) is 0. The highest BCUT2D eigenvalue weighted by Crippen LogP contribution is 2.31. The zero-order valence-electron chi connectivity index (χ0n) is 9.41. The number of nitro benzene ring substituents is 1. The van der Waals surface area contributed by atoms with E-state index in [-0.39, 0.29) is 23.1 Å². The summed E-state index contributed by atoms with van der Waals surface area (Å²) < 4.78 is 18.2. The van der Waals surface area contributed by atoms with Gasteiger partial charge in [0, 0.05) is 12.1 Å². The van der Waals surface area contributed by atoms with Crippen LogP contribution in [-0.2, 0) is 0 Å². The number of hydrogen-bond acceptors (Lipinski definition) is 7. The lowest BCUT2D eigenvalue weighted by atomic mass is 10.3. The summed E-state index contributed by atoms with van der Waals surface area (Å²) >= 11 is 0. The predicted octanol–water partition coefficient (Wildman–Crippen LogP) is 1.60. The smallest absolute Gasteiger partial charge is 0.311 e. The number of halogens is 1. The second kappa shape index (κ2) is 5.23. The van der Waals surface area contributed by atoms with Crippen LogP contribution in [0.15, 0.2) is 30.6 Å². The molecule has 1 heterocycles. The Morgan fingerprint density at radius 2 is 2.21 bits per heavy atom. The van der Waals surface area contributed by atoms with E-state index in [0.29, 0.717) is 0 Å². The Labute approximate surface area is 106 Å². The number of anilines is 1. The lowest BCUT2D eigenvalue weighted by Gasteiger charge is -2.06. The van der Waals surface area contributed by atoms with Gasteiger partial charge in [-0.15, -0.1) is 0 Å². The van der Waals surface area contributed by atoms with Crippen molar-refractivity contribution in [3.05, 3.63) is 46.5 Å². The highest BCUT2D eigenvalue weighted by Gasteiger charge is 2.17. The van der Waals surface area contributed by atoms with Crippen LogP contribution < -0.4 is 16.0 Å². The molecule has 1 aromatic heterocycles. The molecule has 0 bridgehead atoms. The van der Waals surface area contributed by atoms with Crippen molar-refractivity contribution in [2.75, 3.05) is 5.43 Å². The third-order valence-electron chi connectivity index (χ3n) is 2.09. The van der Waals surface area contributed by atoms with Crippen molar-refractivity contribution in [2.45, 2.75) is 0 Å². The fraction of sp³-hybridized carbons (Fsp3) is 0. The topological polar surface area (TPSA) is 116 Å². The summed E-state index contributed by atoms with van der Waals surface area (Å²) in [5.74, 6) is 4.36. The average Bonchev–Trinajstić information content (AvgIpc) is 2.38. The van der Waals surface area contributed by atoms with Gasteiger partial charge < -0.3 is 10.2 Å². The Kier molecular flexibility index (Phi) is 3.48. The molecule has 0 unspecified atom stereocenters. The number of aromatic nitrogens is 2. The summed E-state index contributed by atoms with van der Waals surface area (Å²) in [6, 6.07) is 2.86. The van der Waals surface area contributed by atoms with E-state index in [1.54, 1.807) is 0 Å². The van der Waals surface area contributed by atoms with Gasteiger partial charge in [-0.05, 0) is 6.07 Å². The zero-order chi connectivity index (χ0) is 13.8. The Bertz CT molecular complexity index is 622. The number of nitrogen functional groups attached to an aromatic ring is 1. The van der Waals surface area contributed by atoms with Crippen molar-refractivity contribution in [2.24, 2.45) is 5.84 Å². The number of nitrogens with two attached hydrogens (primary N) is 1. The summed E-state index contributed by atoms with van der Waals surface area (Å²) in [6.07, 6.45) is 2.54. The van der Waals surface area contributed by atoms with Gasteiger partial charge in [0.2, 0.25) is 11.6 Å². The van der Waals surface area contributed by atoms with Crippen molar-refractivity contribution in [3.63, 3.8) is 0 Å². The Hall–Kier alpha value is -2.81. The Balaban J connectivity index is 2.36. The van der Waals surface area contributed by atoms with Crippen LogP contribution in [0.1, 0.15) is 0 Å². The van der Waals surface area contributed by atoms with Crippen LogP contribution >= 0.6 is 0 Å². The van der Waals surface area contributed by atoms with Crippen LogP contribution in [0, 0.1) is 15.9 Å². The minimum Gasteiger partial charge on any atom is -0.430 e. The van der Waals surface area contributed by atoms with Gasteiger partial charge in [-0.2, -0.15) is 4.98 Å². The first-order chi connectivity index (χ1) is 9.10. The molecule has 98 valence electrons. The Morgan fingerprint density at radius 1 is 1.42 bits per heavy atom. The number of nitrogens with one attached hydrogen (secondary N) is 1. The first-order valence-corrected chi connectivity index (χ1v) is 5.00. The number of ether oxygens (including phenoxy) is 1. The van der Waals surface area contributed by atoms with E-state index >= 15 is 0 Å². The molecule has 0 radical (unpaired) electrons. The lowest BCUT2D eigenvalue weighted by Crippen LogP contribution is -2.09. The number of rotatable bonds is 4. The van der Waals surface area contributed by atoms with E-state index in [4.69, 9.17) is 10.6 Å². The molecular weight excluding hydrogens is 257 g/mol. The normalized spacial score (nSPS) is 10.0. The molecule has 0 saturated heterocycles. The van der Waals surface area contributed by atoms with Crippen LogP contribution in [0.2, 0.25) is 0 Å². The van der Waals surface area contributed by atoms with Crippen LogP contribution in [0.25, 0.3) is 0 Å². The second-order valence-electron chi connectivity index (χ2n) is 3.36. The molecule has 3 N–H and O–H groups in total. The van der Waals surface area contributed by atoms with E-state index in [9.17, 15) is 14.5 Å². The van der Waals surface area contributed by atoms with E-state index in [0.717, 1.165) is 18.2 Å². The highest BCUT2D eigenvalue weighted by atomic mass is 19.1. The third-order valence-corrected chi connectivity index (χ3v) is 2.09. The molecule has 2 aromatic rings. The summed E-state index contributed by atoms with van der Waals surface area (Å²) in [4.78, 5) is 17.7.